The Morgan fingerprint density at radius 1 is 1.11 bits per heavy atom. The summed E-state index contributed by atoms with van der Waals surface area (Å²) in [5, 5.41) is 2.37. The molecule has 0 aliphatic carbocycles. The predicted molar refractivity (Wildman–Crippen MR) is 76.6 cm³/mol. The van der Waals surface area contributed by atoms with Gasteiger partial charge in [-0.25, -0.2) is 4.98 Å². The number of halogens is 1. The summed E-state index contributed by atoms with van der Waals surface area (Å²) in [6, 6.07) is 10.2. The van der Waals surface area contributed by atoms with E-state index in [-0.39, 0.29) is 18.5 Å². The number of aromatic amines is 1. The first-order chi connectivity index (χ1) is 8.24. The van der Waals surface area contributed by atoms with Crippen molar-refractivity contribution in [2.75, 3.05) is 0 Å². The molecule has 1 N–H and O–H groups in total. The highest BCUT2D eigenvalue weighted by atomic mass is 35.5. The molecule has 0 aliphatic heterocycles. The van der Waals surface area contributed by atoms with E-state index in [0.717, 1.165) is 16.4 Å². The van der Waals surface area contributed by atoms with Gasteiger partial charge >= 0.3 is 0 Å². The van der Waals surface area contributed by atoms with Crippen LogP contribution in [0, 0.1) is 0 Å². The van der Waals surface area contributed by atoms with E-state index in [1.165, 1.54) is 5.39 Å². The third kappa shape index (κ3) is 2.14. The highest BCUT2D eigenvalue weighted by Gasteiger charge is 2.06. The molecule has 2 heterocycles. The summed E-state index contributed by atoms with van der Waals surface area (Å²) in [6.45, 7) is 4.00. The summed E-state index contributed by atoms with van der Waals surface area (Å²) in [5.41, 5.74) is 2.17. The van der Waals surface area contributed by atoms with Crippen LogP contribution in [0.5, 0.6) is 5.88 Å². The second-order valence-corrected chi connectivity index (χ2v) is 4.41. The Balaban J connectivity index is 0.00000120. The smallest absolute Gasteiger partial charge is 0.214 e. The molecular formula is C14H15ClN2O. The third-order valence-electron chi connectivity index (χ3n) is 2.72. The van der Waals surface area contributed by atoms with Gasteiger partial charge in [-0.3, -0.25) is 0 Å². The summed E-state index contributed by atoms with van der Waals surface area (Å²) >= 11 is 0. The quantitative estimate of drug-likeness (QED) is 0.760. The fourth-order valence-electron chi connectivity index (χ4n) is 2.04. The zero-order chi connectivity index (χ0) is 11.8. The Morgan fingerprint density at radius 2 is 1.89 bits per heavy atom. The number of benzene rings is 1. The SMILES string of the molecule is CC(C)Oc1cc2c(cn1)[nH]c1ccccc12.Cl. The number of H-pyrrole nitrogens is 1. The number of ether oxygens (including phenoxy) is 1. The molecule has 0 fully saturated rings. The van der Waals surface area contributed by atoms with Crippen LogP contribution in [0.4, 0.5) is 0 Å². The van der Waals surface area contributed by atoms with Crippen LogP contribution in [0.25, 0.3) is 21.8 Å². The van der Waals surface area contributed by atoms with E-state index in [2.05, 4.69) is 22.1 Å². The summed E-state index contributed by atoms with van der Waals surface area (Å²) in [6.07, 6.45) is 1.97. The fourth-order valence-corrected chi connectivity index (χ4v) is 2.04. The van der Waals surface area contributed by atoms with Crippen LogP contribution in [0.2, 0.25) is 0 Å². The van der Waals surface area contributed by atoms with Crippen molar-refractivity contribution < 1.29 is 4.74 Å². The lowest BCUT2D eigenvalue weighted by atomic mass is 10.2. The van der Waals surface area contributed by atoms with Gasteiger partial charge in [0.15, 0.2) is 0 Å². The van der Waals surface area contributed by atoms with Gasteiger partial charge in [-0.2, -0.15) is 0 Å². The molecule has 94 valence electrons. The molecule has 0 saturated heterocycles. The summed E-state index contributed by atoms with van der Waals surface area (Å²) in [7, 11) is 0. The monoisotopic (exact) mass is 262 g/mol. The Bertz CT molecular complexity index is 676. The number of hydrogen-bond donors (Lipinski definition) is 1. The average Bonchev–Trinajstić information content (AvgIpc) is 2.66. The van der Waals surface area contributed by atoms with Gasteiger partial charge in [0.05, 0.1) is 17.8 Å². The molecular weight excluding hydrogens is 248 g/mol. The van der Waals surface area contributed by atoms with Crippen molar-refractivity contribution in [1.82, 2.24) is 9.97 Å². The molecule has 0 unspecified atom stereocenters. The number of pyridine rings is 1. The maximum atomic E-state index is 5.62. The molecule has 18 heavy (non-hydrogen) atoms. The lowest BCUT2D eigenvalue weighted by Gasteiger charge is -2.07. The van der Waals surface area contributed by atoms with E-state index in [1.807, 2.05) is 38.2 Å². The minimum atomic E-state index is 0. The first kappa shape index (κ1) is 12.7. The summed E-state index contributed by atoms with van der Waals surface area (Å²) in [4.78, 5) is 7.63. The Hall–Kier alpha value is -1.74. The van der Waals surface area contributed by atoms with Gasteiger partial charge in [0.25, 0.3) is 0 Å². The summed E-state index contributed by atoms with van der Waals surface area (Å²) in [5.74, 6) is 0.678. The van der Waals surface area contributed by atoms with Gasteiger partial charge in [0, 0.05) is 22.4 Å². The van der Waals surface area contributed by atoms with Crippen LogP contribution < -0.4 is 4.74 Å². The van der Waals surface area contributed by atoms with Gasteiger partial charge in [0.2, 0.25) is 5.88 Å². The minimum absolute atomic E-state index is 0. The van der Waals surface area contributed by atoms with Crippen molar-refractivity contribution >= 4 is 34.2 Å². The van der Waals surface area contributed by atoms with E-state index in [0.29, 0.717) is 5.88 Å². The van der Waals surface area contributed by atoms with Crippen LogP contribution in [-0.2, 0) is 0 Å². The van der Waals surface area contributed by atoms with Crippen LogP contribution in [0.1, 0.15) is 13.8 Å². The van der Waals surface area contributed by atoms with Crippen LogP contribution in [0.3, 0.4) is 0 Å². The molecule has 0 saturated carbocycles. The van der Waals surface area contributed by atoms with Crippen LogP contribution in [0.15, 0.2) is 36.5 Å². The third-order valence-corrected chi connectivity index (χ3v) is 2.72. The molecule has 1 aromatic carbocycles. The molecule has 4 heteroatoms. The molecule has 0 aliphatic rings. The molecule has 3 rings (SSSR count). The van der Waals surface area contributed by atoms with Gasteiger partial charge in [0.1, 0.15) is 0 Å². The van der Waals surface area contributed by atoms with E-state index in [1.54, 1.807) is 0 Å². The molecule has 0 bridgehead atoms. The number of rotatable bonds is 2. The van der Waals surface area contributed by atoms with Crippen LogP contribution >= 0.6 is 12.4 Å². The first-order valence-electron chi connectivity index (χ1n) is 5.77. The number of aromatic nitrogens is 2. The summed E-state index contributed by atoms with van der Waals surface area (Å²) < 4.78 is 5.62. The highest BCUT2D eigenvalue weighted by molar-refractivity contribution is 6.07. The molecule has 2 aromatic heterocycles. The maximum absolute atomic E-state index is 5.62. The average molecular weight is 263 g/mol. The topological polar surface area (TPSA) is 37.9 Å². The Labute approximate surface area is 112 Å². The number of nitrogens with one attached hydrogen (secondary N) is 1. The maximum Gasteiger partial charge on any atom is 0.214 e. The zero-order valence-corrected chi connectivity index (χ0v) is 11.1. The van der Waals surface area contributed by atoms with Crippen molar-refractivity contribution in [3.8, 4) is 5.88 Å². The number of para-hydroxylation sites is 1. The van der Waals surface area contributed by atoms with E-state index in [9.17, 15) is 0 Å². The lowest BCUT2D eigenvalue weighted by Crippen LogP contribution is -2.06. The van der Waals surface area contributed by atoms with E-state index in [4.69, 9.17) is 4.74 Å². The van der Waals surface area contributed by atoms with Gasteiger partial charge in [-0.1, -0.05) is 18.2 Å². The molecule has 0 radical (unpaired) electrons. The van der Waals surface area contributed by atoms with E-state index >= 15 is 0 Å². The highest BCUT2D eigenvalue weighted by Crippen LogP contribution is 2.27. The first-order valence-corrected chi connectivity index (χ1v) is 5.77. The van der Waals surface area contributed by atoms with Crippen LogP contribution in [-0.4, -0.2) is 16.1 Å². The van der Waals surface area contributed by atoms with Gasteiger partial charge in [-0.15, -0.1) is 12.4 Å². The largest absolute Gasteiger partial charge is 0.475 e. The number of nitrogens with zero attached hydrogens (tertiary/aromatic N) is 1. The molecule has 3 nitrogen and oxygen atoms in total. The standard InChI is InChI=1S/C14H14N2O.ClH/c1-9(2)17-14-7-11-10-5-3-4-6-12(10)16-13(11)8-15-14;/h3-9,16H,1-2H3;1H. The predicted octanol–water partition coefficient (Wildman–Crippen LogP) is 3.93. The molecule has 0 atom stereocenters. The van der Waals surface area contributed by atoms with Crippen molar-refractivity contribution in [1.29, 1.82) is 0 Å². The van der Waals surface area contributed by atoms with Gasteiger partial charge < -0.3 is 9.72 Å². The van der Waals surface area contributed by atoms with Crippen molar-refractivity contribution in [2.24, 2.45) is 0 Å². The fraction of sp³-hybridized carbons (Fsp3) is 0.214. The molecule has 3 aromatic rings. The van der Waals surface area contributed by atoms with Crippen molar-refractivity contribution in [2.45, 2.75) is 20.0 Å². The zero-order valence-electron chi connectivity index (χ0n) is 10.3. The minimum Gasteiger partial charge on any atom is -0.475 e. The second-order valence-electron chi connectivity index (χ2n) is 4.41. The van der Waals surface area contributed by atoms with Crippen molar-refractivity contribution in [3.05, 3.63) is 36.5 Å². The lowest BCUT2D eigenvalue weighted by molar-refractivity contribution is 0.233. The molecule has 0 spiro atoms. The second kappa shape index (κ2) is 4.86. The Morgan fingerprint density at radius 3 is 2.67 bits per heavy atom. The normalized spacial score (nSPS) is 10.8. The van der Waals surface area contributed by atoms with E-state index < -0.39 is 0 Å². The van der Waals surface area contributed by atoms with Crippen molar-refractivity contribution in [3.63, 3.8) is 0 Å². The number of fused-ring (bicyclic) bond motifs is 3. The van der Waals surface area contributed by atoms with Gasteiger partial charge in [-0.05, 0) is 19.9 Å². The Kier molecular flexibility index (Phi) is 3.43. The molecule has 0 amide bonds. The number of hydrogen-bond acceptors (Lipinski definition) is 2.